The van der Waals surface area contributed by atoms with Gasteiger partial charge in [-0.3, -0.25) is 4.90 Å². The highest BCUT2D eigenvalue weighted by Gasteiger charge is 2.14. The second-order valence-corrected chi connectivity index (χ2v) is 5.27. The molecular formula is C10H18N4OS. The number of hydrogen-bond acceptors (Lipinski definition) is 6. The van der Waals surface area contributed by atoms with E-state index >= 15 is 0 Å². The number of ether oxygens (including phenoxy) is 1. The van der Waals surface area contributed by atoms with Gasteiger partial charge in [0.15, 0.2) is 0 Å². The lowest BCUT2D eigenvalue weighted by Crippen LogP contribution is -2.42. The van der Waals surface area contributed by atoms with Crippen molar-refractivity contribution in [3.8, 4) is 0 Å². The largest absolute Gasteiger partial charge is 0.379 e. The predicted octanol–water partition coefficient (Wildman–Crippen LogP) is 0.979. The molecule has 1 aliphatic heterocycles. The Kier molecular flexibility index (Phi) is 4.09. The molecule has 16 heavy (non-hydrogen) atoms. The molecule has 1 atom stereocenters. The summed E-state index contributed by atoms with van der Waals surface area (Å²) >= 11 is 1.60. The molecule has 1 fully saturated rings. The summed E-state index contributed by atoms with van der Waals surface area (Å²) in [6.45, 7) is 8.93. The predicted molar refractivity (Wildman–Crippen MR) is 65.0 cm³/mol. The van der Waals surface area contributed by atoms with Gasteiger partial charge in [0, 0.05) is 25.7 Å². The van der Waals surface area contributed by atoms with Crippen LogP contribution in [0.1, 0.15) is 11.9 Å². The molecule has 0 radical (unpaired) electrons. The summed E-state index contributed by atoms with van der Waals surface area (Å²) in [5.41, 5.74) is 0. The summed E-state index contributed by atoms with van der Waals surface area (Å²) < 4.78 is 5.32. The van der Waals surface area contributed by atoms with Crippen molar-refractivity contribution in [2.45, 2.75) is 19.9 Å². The third kappa shape index (κ3) is 3.40. The van der Waals surface area contributed by atoms with Crippen molar-refractivity contribution < 1.29 is 4.74 Å². The highest BCUT2D eigenvalue weighted by molar-refractivity contribution is 7.15. The van der Waals surface area contributed by atoms with Gasteiger partial charge in [-0.05, 0) is 13.8 Å². The maximum atomic E-state index is 5.32. The topological polar surface area (TPSA) is 50.3 Å². The zero-order chi connectivity index (χ0) is 11.4. The number of nitrogens with one attached hydrogen (secondary N) is 1. The van der Waals surface area contributed by atoms with Gasteiger partial charge in [0.2, 0.25) is 5.13 Å². The first kappa shape index (κ1) is 11.8. The molecule has 0 amide bonds. The Morgan fingerprint density at radius 3 is 2.81 bits per heavy atom. The summed E-state index contributed by atoms with van der Waals surface area (Å²) in [5.74, 6) is 0. The first-order valence-electron chi connectivity index (χ1n) is 5.61. The summed E-state index contributed by atoms with van der Waals surface area (Å²) in [6, 6.07) is 0.394. The Balaban J connectivity index is 1.77. The molecule has 2 rings (SSSR count). The van der Waals surface area contributed by atoms with Crippen LogP contribution < -0.4 is 5.32 Å². The molecule has 2 heterocycles. The van der Waals surface area contributed by atoms with Crippen LogP contribution in [0.4, 0.5) is 5.13 Å². The number of aromatic nitrogens is 2. The van der Waals surface area contributed by atoms with Gasteiger partial charge < -0.3 is 10.1 Å². The number of morpholine rings is 1. The van der Waals surface area contributed by atoms with Crippen molar-refractivity contribution in [3.05, 3.63) is 5.01 Å². The lowest BCUT2D eigenvalue weighted by atomic mass is 10.3. The molecule has 1 aliphatic rings. The molecule has 0 aromatic carbocycles. The van der Waals surface area contributed by atoms with Crippen LogP contribution >= 0.6 is 11.3 Å². The van der Waals surface area contributed by atoms with E-state index in [1.165, 1.54) is 0 Å². The minimum absolute atomic E-state index is 0.394. The van der Waals surface area contributed by atoms with Crippen LogP contribution in [0.3, 0.4) is 0 Å². The zero-order valence-corrected chi connectivity index (χ0v) is 10.6. The summed E-state index contributed by atoms with van der Waals surface area (Å²) in [4.78, 5) is 2.41. The fraction of sp³-hybridized carbons (Fsp3) is 0.800. The van der Waals surface area contributed by atoms with Crippen molar-refractivity contribution >= 4 is 16.5 Å². The van der Waals surface area contributed by atoms with Crippen molar-refractivity contribution in [2.24, 2.45) is 0 Å². The van der Waals surface area contributed by atoms with Crippen molar-refractivity contribution in [1.82, 2.24) is 15.1 Å². The SMILES string of the molecule is Cc1nnc(NC(C)CN2CCOCC2)s1. The molecule has 1 aromatic rings. The van der Waals surface area contributed by atoms with E-state index in [4.69, 9.17) is 4.74 Å². The van der Waals surface area contributed by atoms with Gasteiger partial charge in [0.05, 0.1) is 13.2 Å². The van der Waals surface area contributed by atoms with Crippen LogP contribution in [0.5, 0.6) is 0 Å². The van der Waals surface area contributed by atoms with Crippen LogP contribution in [-0.2, 0) is 4.74 Å². The molecule has 1 aromatic heterocycles. The fourth-order valence-corrected chi connectivity index (χ4v) is 2.49. The zero-order valence-electron chi connectivity index (χ0n) is 9.77. The molecule has 0 aliphatic carbocycles. The van der Waals surface area contributed by atoms with E-state index in [1.54, 1.807) is 11.3 Å². The van der Waals surface area contributed by atoms with Gasteiger partial charge in [-0.25, -0.2) is 0 Å². The van der Waals surface area contributed by atoms with Crippen molar-refractivity contribution in [3.63, 3.8) is 0 Å². The normalized spacial score (nSPS) is 19.6. The smallest absolute Gasteiger partial charge is 0.205 e. The van der Waals surface area contributed by atoms with Crippen LogP contribution in [0, 0.1) is 6.92 Å². The Morgan fingerprint density at radius 2 is 2.19 bits per heavy atom. The van der Waals surface area contributed by atoms with Gasteiger partial charge in [0.25, 0.3) is 0 Å². The third-order valence-electron chi connectivity index (χ3n) is 2.53. The molecule has 0 spiro atoms. The van der Waals surface area contributed by atoms with E-state index in [2.05, 4.69) is 27.3 Å². The van der Waals surface area contributed by atoms with Crippen LogP contribution in [0.2, 0.25) is 0 Å². The molecule has 1 saturated heterocycles. The van der Waals surface area contributed by atoms with Gasteiger partial charge >= 0.3 is 0 Å². The molecule has 90 valence electrons. The highest BCUT2D eigenvalue weighted by atomic mass is 32.1. The second-order valence-electron chi connectivity index (χ2n) is 4.08. The molecule has 1 unspecified atom stereocenters. The molecule has 0 saturated carbocycles. The van der Waals surface area contributed by atoms with E-state index in [0.29, 0.717) is 6.04 Å². The highest BCUT2D eigenvalue weighted by Crippen LogP contribution is 2.15. The Hall–Kier alpha value is -0.720. The first-order chi connectivity index (χ1) is 7.74. The first-order valence-corrected chi connectivity index (χ1v) is 6.42. The summed E-state index contributed by atoms with van der Waals surface area (Å²) in [5, 5.41) is 13.3. The molecule has 1 N–H and O–H groups in total. The number of aryl methyl sites for hydroxylation is 1. The Labute approximate surface area is 99.8 Å². The molecular weight excluding hydrogens is 224 g/mol. The second kappa shape index (κ2) is 5.56. The third-order valence-corrected chi connectivity index (χ3v) is 3.30. The minimum atomic E-state index is 0.394. The molecule has 5 nitrogen and oxygen atoms in total. The lowest BCUT2D eigenvalue weighted by Gasteiger charge is -2.29. The standard InChI is InChI=1S/C10H18N4OS/c1-8(7-14-3-5-15-6-4-14)11-10-13-12-9(2)16-10/h8H,3-7H2,1-2H3,(H,11,13). The van der Waals surface area contributed by atoms with Crippen molar-refractivity contribution in [2.75, 3.05) is 38.2 Å². The monoisotopic (exact) mass is 242 g/mol. The van der Waals surface area contributed by atoms with Gasteiger partial charge in [-0.2, -0.15) is 0 Å². The molecule has 6 heteroatoms. The Bertz CT molecular complexity index is 324. The Morgan fingerprint density at radius 1 is 1.44 bits per heavy atom. The van der Waals surface area contributed by atoms with Crippen molar-refractivity contribution in [1.29, 1.82) is 0 Å². The average Bonchev–Trinajstić information content (AvgIpc) is 2.65. The number of hydrogen-bond donors (Lipinski definition) is 1. The summed E-state index contributed by atoms with van der Waals surface area (Å²) in [6.07, 6.45) is 0. The van der Waals surface area contributed by atoms with E-state index in [0.717, 1.165) is 43.0 Å². The number of rotatable bonds is 4. The van der Waals surface area contributed by atoms with E-state index in [-0.39, 0.29) is 0 Å². The fourth-order valence-electron chi connectivity index (χ4n) is 1.78. The van der Waals surface area contributed by atoms with E-state index in [1.807, 2.05) is 6.92 Å². The average molecular weight is 242 g/mol. The maximum Gasteiger partial charge on any atom is 0.205 e. The van der Waals surface area contributed by atoms with Crippen LogP contribution in [0.15, 0.2) is 0 Å². The quantitative estimate of drug-likeness (QED) is 0.853. The number of anilines is 1. The van der Waals surface area contributed by atoms with Gasteiger partial charge in [0.1, 0.15) is 5.01 Å². The summed E-state index contributed by atoms with van der Waals surface area (Å²) in [7, 11) is 0. The van der Waals surface area contributed by atoms with Gasteiger partial charge in [-0.15, -0.1) is 10.2 Å². The van der Waals surface area contributed by atoms with E-state index < -0.39 is 0 Å². The van der Waals surface area contributed by atoms with E-state index in [9.17, 15) is 0 Å². The minimum Gasteiger partial charge on any atom is -0.379 e. The number of nitrogens with zero attached hydrogens (tertiary/aromatic N) is 3. The lowest BCUT2D eigenvalue weighted by molar-refractivity contribution is 0.0368. The van der Waals surface area contributed by atoms with Gasteiger partial charge in [-0.1, -0.05) is 11.3 Å². The maximum absolute atomic E-state index is 5.32. The van der Waals surface area contributed by atoms with Crippen LogP contribution in [-0.4, -0.2) is 54.0 Å². The van der Waals surface area contributed by atoms with Crippen LogP contribution in [0.25, 0.3) is 0 Å². The molecule has 0 bridgehead atoms.